The van der Waals surface area contributed by atoms with Crippen LogP contribution in [0.3, 0.4) is 0 Å². The summed E-state index contributed by atoms with van der Waals surface area (Å²) >= 11 is 6.17. The van der Waals surface area contributed by atoms with E-state index in [0.717, 1.165) is 12.1 Å². The van der Waals surface area contributed by atoms with Gasteiger partial charge in [-0.25, -0.2) is 8.78 Å². The van der Waals surface area contributed by atoms with Crippen LogP contribution in [-0.2, 0) is 11.2 Å². The molecule has 2 aromatic carbocycles. The zero-order chi connectivity index (χ0) is 24.7. The molecule has 1 heterocycles. The van der Waals surface area contributed by atoms with Gasteiger partial charge in [0, 0.05) is 40.9 Å². The minimum absolute atomic E-state index is 0.0297. The molecule has 1 atom stereocenters. The number of nitrogens with one attached hydrogen (secondary N) is 2. The van der Waals surface area contributed by atoms with Crippen LogP contribution in [0, 0.1) is 23.0 Å². The molecule has 1 aromatic heterocycles. The molecular weight excluding hydrogens is 466 g/mol. The second-order valence-electron chi connectivity index (χ2n) is 7.09. The van der Waals surface area contributed by atoms with Gasteiger partial charge in [0.15, 0.2) is 0 Å². The largest absolute Gasteiger partial charge is 0.497 e. The van der Waals surface area contributed by atoms with E-state index in [0.29, 0.717) is 16.3 Å². The van der Waals surface area contributed by atoms with Gasteiger partial charge in [-0.3, -0.25) is 14.6 Å². The van der Waals surface area contributed by atoms with E-state index in [4.69, 9.17) is 21.6 Å². The van der Waals surface area contributed by atoms with E-state index in [1.54, 1.807) is 36.4 Å². The topological polar surface area (TPSA) is 104 Å². The minimum Gasteiger partial charge on any atom is -0.497 e. The predicted molar refractivity (Wildman–Crippen MR) is 121 cm³/mol. The van der Waals surface area contributed by atoms with E-state index in [-0.39, 0.29) is 17.9 Å². The van der Waals surface area contributed by atoms with Gasteiger partial charge in [-0.05, 0) is 18.2 Å². The Morgan fingerprint density at radius 2 is 1.88 bits per heavy atom. The van der Waals surface area contributed by atoms with Crippen molar-refractivity contribution in [3.05, 3.63) is 82.5 Å². The third-order valence-electron chi connectivity index (χ3n) is 4.90. The number of carbonyl (C=O) groups excluding carboxylic acids is 2. The number of nitriles is 1. The molecule has 0 fully saturated rings. The fourth-order valence-corrected chi connectivity index (χ4v) is 3.39. The van der Waals surface area contributed by atoms with Gasteiger partial charge in [-0.1, -0.05) is 29.8 Å². The van der Waals surface area contributed by atoms with Crippen molar-refractivity contribution in [3.63, 3.8) is 0 Å². The van der Waals surface area contributed by atoms with Crippen LogP contribution in [0.5, 0.6) is 5.75 Å². The molecule has 2 N–H and O–H groups in total. The Kier molecular flexibility index (Phi) is 8.11. The first-order valence-corrected chi connectivity index (χ1v) is 10.4. The van der Waals surface area contributed by atoms with Crippen LogP contribution in [0.25, 0.3) is 11.3 Å². The molecule has 0 saturated heterocycles. The summed E-state index contributed by atoms with van der Waals surface area (Å²) in [5.74, 6) is -3.36. The summed E-state index contributed by atoms with van der Waals surface area (Å²) in [5.41, 5.74) is 0.915. The highest BCUT2D eigenvalue weighted by Crippen LogP contribution is 2.26. The minimum atomic E-state index is -1.36. The summed E-state index contributed by atoms with van der Waals surface area (Å²) in [6.45, 7) is -0.340. The SMILES string of the molecule is COc1cc(F)c(CC(NC(=O)c2ccc(-c3ccccc3Cl)nc2)C(=O)NCC#N)c(F)c1. The van der Waals surface area contributed by atoms with Gasteiger partial charge in [0.1, 0.15) is 30.0 Å². The molecule has 3 aromatic rings. The summed E-state index contributed by atoms with van der Waals surface area (Å²) in [4.78, 5) is 29.5. The Balaban J connectivity index is 1.82. The van der Waals surface area contributed by atoms with Crippen LogP contribution in [0.15, 0.2) is 54.7 Å². The average molecular weight is 485 g/mol. The fraction of sp³-hybridized carbons (Fsp3) is 0.167. The van der Waals surface area contributed by atoms with Gasteiger partial charge in [-0.2, -0.15) is 5.26 Å². The van der Waals surface area contributed by atoms with Crippen molar-refractivity contribution in [1.29, 1.82) is 5.26 Å². The lowest BCUT2D eigenvalue weighted by Gasteiger charge is -2.19. The molecule has 0 aliphatic rings. The number of benzene rings is 2. The molecule has 3 rings (SSSR count). The maximum Gasteiger partial charge on any atom is 0.253 e. The van der Waals surface area contributed by atoms with Crippen molar-refractivity contribution in [2.45, 2.75) is 12.5 Å². The highest BCUT2D eigenvalue weighted by molar-refractivity contribution is 6.33. The Morgan fingerprint density at radius 3 is 2.47 bits per heavy atom. The van der Waals surface area contributed by atoms with Crippen molar-refractivity contribution in [1.82, 2.24) is 15.6 Å². The van der Waals surface area contributed by atoms with Gasteiger partial charge >= 0.3 is 0 Å². The van der Waals surface area contributed by atoms with E-state index in [9.17, 15) is 18.4 Å². The smallest absolute Gasteiger partial charge is 0.253 e. The number of amides is 2. The third-order valence-corrected chi connectivity index (χ3v) is 5.23. The highest BCUT2D eigenvalue weighted by atomic mass is 35.5. The zero-order valence-corrected chi connectivity index (χ0v) is 18.7. The molecule has 1 unspecified atom stereocenters. The van der Waals surface area contributed by atoms with Crippen molar-refractivity contribution >= 4 is 23.4 Å². The van der Waals surface area contributed by atoms with Crippen LogP contribution in [0.4, 0.5) is 8.78 Å². The fourth-order valence-electron chi connectivity index (χ4n) is 3.15. The molecule has 0 bridgehead atoms. The summed E-state index contributed by atoms with van der Waals surface area (Å²) in [6.07, 6.45) is 0.808. The summed E-state index contributed by atoms with van der Waals surface area (Å²) < 4.78 is 33.7. The second-order valence-corrected chi connectivity index (χ2v) is 7.49. The monoisotopic (exact) mass is 484 g/mol. The van der Waals surface area contributed by atoms with E-state index < -0.39 is 41.5 Å². The van der Waals surface area contributed by atoms with Crippen LogP contribution >= 0.6 is 11.6 Å². The molecule has 34 heavy (non-hydrogen) atoms. The van der Waals surface area contributed by atoms with E-state index >= 15 is 0 Å². The zero-order valence-electron chi connectivity index (χ0n) is 17.9. The first kappa shape index (κ1) is 24.6. The van der Waals surface area contributed by atoms with Crippen molar-refractivity contribution in [2.75, 3.05) is 13.7 Å². The Bertz CT molecular complexity index is 1220. The summed E-state index contributed by atoms with van der Waals surface area (Å²) in [6, 6.07) is 12.5. The Hall–Kier alpha value is -4.03. The van der Waals surface area contributed by atoms with Crippen LogP contribution in [-0.4, -0.2) is 36.5 Å². The number of pyridine rings is 1. The maximum atomic E-state index is 14.4. The van der Waals surface area contributed by atoms with Crippen molar-refractivity contribution in [2.24, 2.45) is 0 Å². The van der Waals surface area contributed by atoms with Crippen LogP contribution < -0.4 is 15.4 Å². The standard InChI is InChI=1S/C24H19ClF2N4O3/c1-34-15-10-19(26)17(20(27)11-15)12-22(24(33)29-9-8-28)31-23(32)14-6-7-21(30-13-14)16-4-2-3-5-18(16)25/h2-7,10-11,13,22H,9,12H2,1H3,(H,29,33)(H,31,32). The number of hydrogen-bond donors (Lipinski definition) is 2. The molecule has 0 aliphatic carbocycles. The van der Waals surface area contributed by atoms with Crippen molar-refractivity contribution in [3.8, 4) is 23.1 Å². The van der Waals surface area contributed by atoms with Gasteiger partial charge in [0.05, 0.1) is 24.4 Å². The van der Waals surface area contributed by atoms with Crippen molar-refractivity contribution < 1.29 is 23.1 Å². The molecule has 0 saturated carbocycles. The lowest BCUT2D eigenvalue weighted by atomic mass is 10.0. The molecule has 0 aliphatic heterocycles. The van der Waals surface area contributed by atoms with Gasteiger partial charge in [0.2, 0.25) is 5.91 Å². The Morgan fingerprint density at radius 1 is 1.18 bits per heavy atom. The number of nitrogens with zero attached hydrogens (tertiary/aromatic N) is 2. The third kappa shape index (κ3) is 5.85. The quantitative estimate of drug-likeness (QED) is 0.475. The maximum absolute atomic E-state index is 14.4. The molecular formula is C24H19ClF2N4O3. The number of rotatable bonds is 8. The predicted octanol–water partition coefficient (Wildman–Crippen LogP) is 3.67. The molecule has 7 nitrogen and oxygen atoms in total. The molecule has 2 amide bonds. The lowest BCUT2D eigenvalue weighted by molar-refractivity contribution is -0.122. The van der Waals surface area contributed by atoms with Gasteiger partial charge < -0.3 is 15.4 Å². The number of carbonyl (C=O) groups is 2. The van der Waals surface area contributed by atoms with E-state index in [2.05, 4.69) is 15.6 Å². The number of methoxy groups -OCH3 is 1. The van der Waals surface area contributed by atoms with Gasteiger partial charge in [0.25, 0.3) is 5.91 Å². The first-order valence-electron chi connectivity index (χ1n) is 10.0. The number of aromatic nitrogens is 1. The molecule has 174 valence electrons. The van der Waals surface area contributed by atoms with E-state index in [1.165, 1.54) is 19.4 Å². The first-order chi connectivity index (χ1) is 16.3. The number of ether oxygens (including phenoxy) is 1. The lowest BCUT2D eigenvalue weighted by Crippen LogP contribution is -2.48. The molecule has 0 spiro atoms. The van der Waals surface area contributed by atoms with Crippen LogP contribution in [0.1, 0.15) is 15.9 Å². The highest BCUT2D eigenvalue weighted by Gasteiger charge is 2.25. The van der Waals surface area contributed by atoms with E-state index in [1.807, 2.05) is 0 Å². The second kappa shape index (κ2) is 11.2. The Labute approximate surface area is 199 Å². The summed E-state index contributed by atoms with van der Waals surface area (Å²) in [7, 11) is 1.26. The summed E-state index contributed by atoms with van der Waals surface area (Å²) in [5, 5.41) is 14.0. The normalized spacial score (nSPS) is 11.3. The van der Waals surface area contributed by atoms with Gasteiger partial charge in [-0.15, -0.1) is 0 Å². The molecule has 10 heteroatoms. The average Bonchev–Trinajstić information content (AvgIpc) is 2.84. The van der Waals surface area contributed by atoms with Crippen LogP contribution in [0.2, 0.25) is 5.02 Å². The number of hydrogen-bond acceptors (Lipinski definition) is 5. The molecule has 0 radical (unpaired) electrons. The number of halogens is 3.